The first kappa shape index (κ1) is 20.1. The van der Waals surface area contributed by atoms with Crippen molar-refractivity contribution in [2.24, 2.45) is 0 Å². The van der Waals surface area contributed by atoms with Crippen LogP contribution in [0.25, 0.3) is 0 Å². The number of nitrogens with two attached hydrogens (primary N) is 1. The maximum Gasteiger partial charge on any atom is 0.410 e. The second kappa shape index (κ2) is 10.00. The molecule has 0 saturated heterocycles. The van der Waals surface area contributed by atoms with E-state index in [1.165, 1.54) is 4.90 Å². The monoisotopic (exact) mass is 340 g/mol. The highest BCUT2D eigenvalue weighted by Gasteiger charge is 2.21. The molecule has 0 unspecified atom stereocenters. The number of hydrogen-bond donors (Lipinski definition) is 2. The summed E-state index contributed by atoms with van der Waals surface area (Å²) in [6.07, 6.45) is -0.464. The van der Waals surface area contributed by atoms with Crippen LogP contribution in [-0.4, -0.2) is 61.2 Å². The fourth-order valence-corrected chi connectivity index (χ4v) is 1.84. The SMILES string of the molecule is CC(C)(C)OC(=O)N(CCO)CCOCCOc1ccccc1N. The third-order valence-electron chi connectivity index (χ3n) is 2.93. The maximum absolute atomic E-state index is 12.0. The molecular formula is C17H28N2O5. The average Bonchev–Trinajstić information content (AvgIpc) is 2.49. The van der Waals surface area contributed by atoms with Gasteiger partial charge in [0.2, 0.25) is 0 Å². The zero-order chi connectivity index (χ0) is 18.0. The molecule has 0 saturated carbocycles. The van der Waals surface area contributed by atoms with Crippen LogP contribution in [0, 0.1) is 0 Å². The Morgan fingerprint density at radius 1 is 1.17 bits per heavy atom. The van der Waals surface area contributed by atoms with Crippen molar-refractivity contribution in [2.45, 2.75) is 26.4 Å². The minimum atomic E-state index is -0.574. The van der Waals surface area contributed by atoms with Gasteiger partial charge >= 0.3 is 6.09 Å². The Morgan fingerprint density at radius 2 is 1.88 bits per heavy atom. The standard InChI is InChI=1S/C17H28N2O5/c1-17(2,3)24-16(21)19(8-10-20)9-11-22-12-13-23-15-7-5-4-6-14(15)18/h4-7,20H,8-13,18H2,1-3H3. The molecule has 7 nitrogen and oxygen atoms in total. The molecule has 0 aliphatic heterocycles. The summed E-state index contributed by atoms with van der Waals surface area (Å²) in [5.41, 5.74) is 5.78. The molecule has 24 heavy (non-hydrogen) atoms. The number of aliphatic hydroxyl groups excluding tert-OH is 1. The molecular weight excluding hydrogens is 312 g/mol. The predicted octanol–water partition coefficient (Wildman–Crippen LogP) is 1.89. The molecule has 0 spiro atoms. The van der Waals surface area contributed by atoms with E-state index in [2.05, 4.69) is 0 Å². The molecule has 0 aliphatic carbocycles. The van der Waals surface area contributed by atoms with Crippen LogP contribution < -0.4 is 10.5 Å². The highest BCUT2D eigenvalue weighted by Crippen LogP contribution is 2.19. The molecule has 7 heteroatoms. The molecule has 0 aliphatic rings. The Morgan fingerprint density at radius 3 is 2.50 bits per heavy atom. The van der Waals surface area contributed by atoms with E-state index in [1.54, 1.807) is 32.9 Å². The van der Waals surface area contributed by atoms with Gasteiger partial charge in [-0.3, -0.25) is 0 Å². The van der Waals surface area contributed by atoms with Crippen LogP contribution in [0.2, 0.25) is 0 Å². The van der Waals surface area contributed by atoms with Crippen LogP contribution >= 0.6 is 0 Å². The molecule has 1 aromatic rings. The first-order valence-corrected chi connectivity index (χ1v) is 7.97. The first-order valence-electron chi connectivity index (χ1n) is 7.97. The Bertz CT molecular complexity index is 502. The summed E-state index contributed by atoms with van der Waals surface area (Å²) in [5.74, 6) is 0.622. The second-order valence-corrected chi connectivity index (χ2v) is 6.19. The summed E-state index contributed by atoms with van der Waals surface area (Å²) in [6.45, 7) is 6.86. The lowest BCUT2D eigenvalue weighted by molar-refractivity contribution is 0.0127. The van der Waals surface area contributed by atoms with Gasteiger partial charge in [-0.15, -0.1) is 0 Å². The number of nitrogens with zero attached hydrogens (tertiary/aromatic N) is 1. The number of carbonyl (C=O) groups excluding carboxylic acids is 1. The van der Waals surface area contributed by atoms with E-state index in [1.807, 2.05) is 12.1 Å². The molecule has 0 fully saturated rings. The summed E-state index contributed by atoms with van der Waals surface area (Å²) < 4.78 is 16.2. The normalized spacial score (nSPS) is 11.2. The van der Waals surface area contributed by atoms with Gasteiger partial charge in [0, 0.05) is 13.1 Å². The summed E-state index contributed by atoms with van der Waals surface area (Å²) in [7, 11) is 0. The number of ether oxygens (including phenoxy) is 3. The highest BCUT2D eigenvalue weighted by molar-refractivity contribution is 5.68. The van der Waals surface area contributed by atoms with Crippen LogP contribution in [0.5, 0.6) is 5.75 Å². The number of rotatable bonds is 9. The van der Waals surface area contributed by atoms with Gasteiger partial charge in [0.05, 0.1) is 25.5 Å². The van der Waals surface area contributed by atoms with Gasteiger partial charge in [-0.2, -0.15) is 0 Å². The summed E-state index contributed by atoms with van der Waals surface area (Å²) in [5, 5.41) is 9.05. The van der Waals surface area contributed by atoms with Crippen LogP contribution in [0.15, 0.2) is 24.3 Å². The minimum Gasteiger partial charge on any atom is -0.489 e. The smallest absolute Gasteiger partial charge is 0.410 e. The highest BCUT2D eigenvalue weighted by atomic mass is 16.6. The van der Waals surface area contributed by atoms with E-state index in [9.17, 15) is 4.79 Å². The van der Waals surface area contributed by atoms with E-state index in [4.69, 9.17) is 25.1 Å². The van der Waals surface area contributed by atoms with Gasteiger partial charge in [-0.25, -0.2) is 4.79 Å². The Labute approximate surface area is 143 Å². The summed E-state index contributed by atoms with van der Waals surface area (Å²) >= 11 is 0. The van der Waals surface area contributed by atoms with Crippen molar-refractivity contribution >= 4 is 11.8 Å². The third-order valence-corrected chi connectivity index (χ3v) is 2.93. The van der Waals surface area contributed by atoms with Gasteiger partial charge in [-0.1, -0.05) is 12.1 Å². The lowest BCUT2D eigenvalue weighted by Gasteiger charge is -2.26. The molecule has 0 atom stereocenters. The van der Waals surface area contributed by atoms with Gasteiger partial charge in [-0.05, 0) is 32.9 Å². The number of carbonyl (C=O) groups is 1. The van der Waals surface area contributed by atoms with Crippen molar-refractivity contribution in [3.8, 4) is 5.75 Å². The van der Waals surface area contributed by atoms with Crippen molar-refractivity contribution in [1.29, 1.82) is 0 Å². The molecule has 0 heterocycles. The Kier molecular flexibility index (Phi) is 8.35. The van der Waals surface area contributed by atoms with Crippen LogP contribution in [-0.2, 0) is 9.47 Å². The summed E-state index contributed by atoms with van der Waals surface area (Å²) in [4.78, 5) is 13.4. The van der Waals surface area contributed by atoms with Gasteiger partial charge in [0.15, 0.2) is 0 Å². The number of anilines is 1. The zero-order valence-corrected chi connectivity index (χ0v) is 14.7. The molecule has 0 radical (unpaired) electrons. The quantitative estimate of drug-likeness (QED) is 0.527. The van der Waals surface area contributed by atoms with Crippen molar-refractivity contribution in [2.75, 3.05) is 45.3 Å². The topological polar surface area (TPSA) is 94.2 Å². The zero-order valence-electron chi connectivity index (χ0n) is 14.7. The minimum absolute atomic E-state index is 0.129. The van der Waals surface area contributed by atoms with E-state index in [0.29, 0.717) is 37.8 Å². The van der Waals surface area contributed by atoms with Crippen LogP contribution in [0.1, 0.15) is 20.8 Å². The van der Waals surface area contributed by atoms with Gasteiger partial charge < -0.3 is 30.0 Å². The molecule has 136 valence electrons. The first-order chi connectivity index (χ1) is 11.3. The number of para-hydroxylation sites is 2. The van der Waals surface area contributed by atoms with Gasteiger partial charge in [0.1, 0.15) is 18.0 Å². The van der Waals surface area contributed by atoms with Crippen molar-refractivity contribution in [1.82, 2.24) is 4.90 Å². The molecule has 0 aromatic heterocycles. The average molecular weight is 340 g/mol. The van der Waals surface area contributed by atoms with E-state index < -0.39 is 11.7 Å². The van der Waals surface area contributed by atoms with Crippen molar-refractivity contribution in [3.05, 3.63) is 24.3 Å². The lowest BCUT2D eigenvalue weighted by Crippen LogP contribution is -2.40. The predicted molar refractivity (Wildman–Crippen MR) is 92.1 cm³/mol. The Balaban J connectivity index is 2.25. The maximum atomic E-state index is 12.0. The van der Waals surface area contributed by atoms with E-state index in [-0.39, 0.29) is 13.2 Å². The number of hydrogen-bond acceptors (Lipinski definition) is 6. The molecule has 1 rings (SSSR count). The van der Waals surface area contributed by atoms with Crippen molar-refractivity contribution < 1.29 is 24.1 Å². The van der Waals surface area contributed by atoms with Gasteiger partial charge in [0.25, 0.3) is 0 Å². The Hall–Kier alpha value is -1.99. The number of benzene rings is 1. The van der Waals surface area contributed by atoms with Crippen LogP contribution in [0.3, 0.4) is 0 Å². The van der Waals surface area contributed by atoms with Crippen LogP contribution in [0.4, 0.5) is 10.5 Å². The molecule has 0 bridgehead atoms. The second-order valence-electron chi connectivity index (χ2n) is 6.19. The molecule has 1 amide bonds. The van der Waals surface area contributed by atoms with E-state index in [0.717, 1.165) is 0 Å². The third kappa shape index (κ3) is 8.03. The van der Waals surface area contributed by atoms with E-state index >= 15 is 0 Å². The molecule has 3 N–H and O–H groups in total. The number of amides is 1. The molecule has 1 aromatic carbocycles. The largest absolute Gasteiger partial charge is 0.489 e. The fourth-order valence-electron chi connectivity index (χ4n) is 1.84. The number of aliphatic hydroxyl groups is 1. The van der Waals surface area contributed by atoms with Crippen molar-refractivity contribution in [3.63, 3.8) is 0 Å². The summed E-state index contributed by atoms with van der Waals surface area (Å²) in [6, 6.07) is 7.25. The fraction of sp³-hybridized carbons (Fsp3) is 0.588. The lowest BCUT2D eigenvalue weighted by atomic mass is 10.2. The number of nitrogen functional groups attached to an aromatic ring is 1.